The molecule has 2 saturated heterocycles. The third-order valence-electron chi connectivity index (χ3n) is 6.20. The van der Waals surface area contributed by atoms with Gasteiger partial charge in [0, 0.05) is 42.1 Å². The molecule has 9 heteroatoms. The van der Waals surface area contributed by atoms with Crippen LogP contribution in [0.15, 0.2) is 53.0 Å². The minimum atomic E-state index is -0.209. The molecule has 0 bridgehead atoms. The monoisotopic (exact) mass is 495 g/mol. The molecule has 0 spiro atoms. The fourth-order valence-corrected chi connectivity index (χ4v) is 4.66. The second kappa shape index (κ2) is 9.11. The summed E-state index contributed by atoms with van der Waals surface area (Å²) in [6, 6.07) is 15.9. The van der Waals surface area contributed by atoms with Gasteiger partial charge in [0.05, 0.1) is 12.1 Å². The van der Waals surface area contributed by atoms with E-state index in [0.29, 0.717) is 25.5 Å². The molecule has 1 amide bonds. The van der Waals surface area contributed by atoms with Crippen LogP contribution in [0.5, 0.6) is 0 Å². The van der Waals surface area contributed by atoms with Crippen molar-refractivity contribution in [3.05, 3.63) is 64.4 Å². The molecule has 2 atom stereocenters. The molecule has 2 aliphatic rings. The van der Waals surface area contributed by atoms with Gasteiger partial charge in [-0.05, 0) is 36.2 Å². The number of rotatable bonds is 4. The zero-order chi connectivity index (χ0) is 22.1. The Labute approximate surface area is 195 Å². The molecule has 2 aliphatic heterocycles. The van der Waals surface area contributed by atoms with Crippen LogP contribution in [0.2, 0.25) is 0 Å². The highest BCUT2D eigenvalue weighted by Crippen LogP contribution is 2.25. The lowest BCUT2D eigenvalue weighted by Gasteiger charge is -2.35. The number of amides is 1. The van der Waals surface area contributed by atoms with Crippen molar-refractivity contribution in [1.29, 1.82) is 0 Å². The van der Waals surface area contributed by atoms with Gasteiger partial charge in [0.2, 0.25) is 5.91 Å². The summed E-state index contributed by atoms with van der Waals surface area (Å²) in [6.07, 6.45) is 0.741. The Morgan fingerprint density at radius 3 is 2.56 bits per heavy atom. The topological polar surface area (TPSA) is 99.4 Å². The number of carbonyl (C=O) groups excluding carboxylic acids is 1. The maximum absolute atomic E-state index is 13.0. The Morgan fingerprint density at radius 1 is 1.03 bits per heavy atom. The number of benzene rings is 2. The van der Waals surface area contributed by atoms with Gasteiger partial charge in [-0.25, -0.2) is 20.8 Å². The predicted molar refractivity (Wildman–Crippen MR) is 127 cm³/mol. The number of nitrogens with zero attached hydrogens (tertiary/aromatic N) is 4. The zero-order valence-electron chi connectivity index (χ0n) is 17.7. The van der Waals surface area contributed by atoms with Gasteiger partial charge in [-0.2, -0.15) is 0 Å². The van der Waals surface area contributed by atoms with Crippen LogP contribution in [0, 0.1) is 0 Å². The lowest BCUT2D eigenvalue weighted by Crippen LogP contribution is -2.53. The van der Waals surface area contributed by atoms with Crippen LogP contribution in [0.4, 0.5) is 5.82 Å². The minimum Gasteiger partial charge on any atom is -0.383 e. The lowest BCUT2D eigenvalue weighted by molar-refractivity contribution is -0.135. The molecular weight excluding hydrogens is 470 g/mol. The molecule has 1 aromatic heterocycles. The number of halogens is 1. The van der Waals surface area contributed by atoms with E-state index >= 15 is 0 Å². The average molecular weight is 496 g/mol. The van der Waals surface area contributed by atoms with Gasteiger partial charge >= 0.3 is 0 Å². The summed E-state index contributed by atoms with van der Waals surface area (Å²) in [5, 5.41) is 0.880. The second-order valence-corrected chi connectivity index (χ2v) is 9.24. The van der Waals surface area contributed by atoms with Gasteiger partial charge < -0.3 is 10.6 Å². The number of nitrogen functional groups attached to an aromatic ring is 1. The van der Waals surface area contributed by atoms with Crippen molar-refractivity contribution in [1.82, 2.24) is 30.6 Å². The Morgan fingerprint density at radius 2 is 1.78 bits per heavy atom. The van der Waals surface area contributed by atoms with Crippen LogP contribution < -0.4 is 16.6 Å². The number of carbonyl (C=O) groups is 1. The van der Waals surface area contributed by atoms with Gasteiger partial charge in [-0.15, -0.1) is 0 Å². The van der Waals surface area contributed by atoms with Crippen LogP contribution in [0.1, 0.15) is 23.9 Å². The number of para-hydroxylation sites is 1. The van der Waals surface area contributed by atoms with Gasteiger partial charge in [0.25, 0.3) is 0 Å². The summed E-state index contributed by atoms with van der Waals surface area (Å²) >= 11 is 3.47. The van der Waals surface area contributed by atoms with Crippen molar-refractivity contribution in [3.8, 4) is 0 Å². The minimum absolute atomic E-state index is 0.133. The quantitative estimate of drug-likeness (QED) is 0.510. The second-order valence-electron chi connectivity index (χ2n) is 8.32. The first-order valence-corrected chi connectivity index (χ1v) is 11.6. The van der Waals surface area contributed by atoms with E-state index in [-0.39, 0.29) is 18.0 Å². The van der Waals surface area contributed by atoms with Gasteiger partial charge in [0.15, 0.2) is 0 Å². The molecule has 4 N–H and O–H groups in total. The molecule has 0 radical (unpaired) electrons. The molecule has 2 fully saturated rings. The number of piperazine rings is 1. The van der Waals surface area contributed by atoms with Crippen LogP contribution in [-0.2, 0) is 11.3 Å². The molecule has 3 aromatic rings. The largest absolute Gasteiger partial charge is 0.383 e. The molecule has 166 valence electrons. The smallest absolute Gasteiger partial charge is 0.241 e. The number of hydrogen-bond acceptors (Lipinski definition) is 7. The third-order valence-corrected chi connectivity index (χ3v) is 6.73. The van der Waals surface area contributed by atoms with Gasteiger partial charge in [0.1, 0.15) is 17.7 Å². The van der Waals surface area contributed by atoms with Gasteiger partial charge in [-0.1, -0.05) is 40.2 Å². The van der Waals surface area contributed by atoms with Crippen molar-refractivity contribution in [2.75, 3.05) is 31.9 Å². The van der Waals surface area contributed by atoms with E-state index in [1.165, 1.54) is 5.56 Å². The summed E-state index contributed by atoms with van der Waals surface area (Å²) in [7, 11) is 0. The van der Waals surface area contributed by atoms with Crippen molar-refractivity contribution >= 4 is 38.6 Å². The predicted octanol–water partition coefficient (Wildman–Crippen LogP) is 2.23. The molecule has 3 heterocycles. The summed E-state index contributed by atoms with van der Waals surface area (Å²) in [6.45, 7) is 3.61. The summed E-state index contributed by atoms with van der Waals surface area (Å²) in [5.41, 5.74) is 14.6. The first-order valence-electron chi connectivity index (χ1n) is 10.9. The average Bonchev–Trinajstić information content (AvgIpc) is 3.30. The first kappa shape index (κ1) is 21.3. The van der Waals surface area contributed by atoms with E-state index in [1.54, 1.807) is 0 Å². The Kier molecular flexibility index (Phi) is 6.05. The molecule has 2 unspecified atom stereocenters. The molecule has 0 aliphatic carbocycles. The standard InChI is InChI=1S/C23H26BrN7O/c24-16-7-5-15(6-8-16)19-13-20(29-28-19)23(32)31-11-9-30(10-12-31)14-21-26-18-4-2-1-3-17(18)22(25)27-21/h1-8,19-20,28-29H,9-14H2,(H2,25,26,27). The molecule has 0 saturated carbocycles. The maximum Gasteiger partial charge on any atom is 0.241 e. The molecule has 32 heavy (non-hydrogen) atoms. The molecular formula is C23H26BrN7O. The van der Waals surface area contributed by atoms with Gasteiger partial charge in [-0.3, -0.25) is 9.69 Å². The van der Waals surface area contributed by atoms with E-state index in [0.717, 1.165) is 40.7 Å². The number of hydrazine groups is 1. The fraction of sp³-hybridized carbons (Fsp3) is 0.348. The van der Waals surface area contributed by atoms with E-state index < -0.39 is 0 Å². The molecule has 2 aromatic carbocycles. The van der Waals surface area contributed by atoms with Crippen LogP contribution >= 0.6 is 15.9 Å². The molecule has 5 rings (SSSR count). The van der Waals surface area contributed by atoms with Crippen LogP contribution in [0.3, 0.4) is 0 Å². The van der Waals surface area contributed by atoms with Crippen molar-refractivity contribution in [2.45, 2.75) is 25.0 Å². The highest BCUT2D eigenvalue weighted by Gasteiger charge is 2.34. The normalized spacial score (nSPS) is 21.8. The maximum atomic E-state index is 13.0. The van der Waals surface area contributed by atoms with E-state index in [2.05, 4.69) is 53.8 Å². The number of nitrogens with one attached hydrogen (secondary N) is 2. The van der Waals surface area contributed by atoms with Crippen molar-refractivity contribution in [3.63, 3.8) is 0 Å². The third kappa shape index (κ3) is 4.47. The number of hydrogen-bond donors (Lipinski definition) is 3. The van der Waals surface area contributed by atoms with Crippen LogP contribution in [-0.4, -0.2) is 57.9 Å². The summed E-state index contributed by atoms with van der Waals surface area (Å²) in [5.74, 6) is 1.39. The summed E-state index contributed by atoms with van der Waals surface area (Å²) < 4.78 is 1.05. The fourth-order valence-electron chi connectivity index (χ4n) is 4.40. The van der Waals surface area contributed by atoms with E-state index in [4.69, 9.17) is 5.73 Å². The highest BCUT2D eigenvalue weighted by atomic mass is 79.9. The highest BCUT2D eigenvalue weighted by molar-refractivity contribution is 9.10. The zero-order valence-corrected chi connectivity index (χ0v) is 19.3. The van der Waals surface area contributed by atoms with Crippen LogP contribution in [0.25, 0.3) is 10.9 Å². The summed E-state index contributed by atoms with van der Waals surface area (Å²) in [4.78, 5) is 26.4. The van der Waals surface area contributed by atoms with E-state index in [9.17, 15) is 4.79 Å². The number of anilines is 1. The van der Waals surface area contributed by atoms with Crippen molar-refractivity contribution in [2.24, 2.45) is 0 Å². The molecule has 8 nitrogen and oxygen atoms in total. The Hall–Kier alpha value is -2.59. The lowest BCUT2D eigenvalue weighted by atomic mass is 10.0. The van der Waals surface area contributed by atoms with E-state index in [1.807, 2.05) is 41.3 Å². The van der Waals surface area contributed by atoms with Crippen molar-refractivity contribution < 1.29 is 4.79 Å². The Balaban J connectivity index is 1.15. The number of nitrogens with two attached hydrogens (primary N) is 1. The number of fused-ring (bicyclic) bond motifs is 1. The Bertz CT molecular complexity index is 1120. The first-order chi connectivity index (χ1) is 15.6. The number of aromatic nitrogens is 2. The SMILES string of the molecule is Nc1nc(CN2CCN(C(=O)C3CC(c4ccc(Br)cc4)NN3)CC2)nc2ccccc12.